The second kappa shape index (κ2) is 10.6. The first-order valence-corrected chi connectivity index (χ1v) is 11.5. The number of hydrogen-bond acceptors (Lipinski definition) is 6. The zero-order valence-electron chi connectivity index (χ0n) is 18.8. The molecule has 0 saturated carbocycles. The standard InChI is InChI=1S/C25H33N5O2/c1-32-28-24(20-5-3-2-4-6-20)21-10-15-30(16-11-21)25(31)22-8-13-29(14-9-22)18-19-7-12-27-23(26)17-19/h2-7,12,17,21-22H,8-11,13-16,18H2,1H3,(H2,26,27)/b28-24+. The number of rotatable bonds is 6. The summed E-state index contributed by atoms with van der Waals surface area (Å²) in [4.78, 5) is 26.8. The fourth-order valence-corrected chi connectivity index (χ4v) is 4.89. The molecule has 3 heterocycles. The highest BCUT2D eigenvalue weighted by atomic mass is 16.6. The third-order valence-electron chi connectivity index (χ3n) is 6.64. The van der Waals surface area contributed by atoms with E-state index in [9.17, 15) is 4.79 Å². The Labute approximate surface area is 190 Å². The molecule has 2 N–H and O–H groups in total. The molecule has 32 heavy (non-hydrogen) atoms. The Bertz CT molecular complexity index is 917. The summed E-state index contributed by atoms with van der Waals surface area (Å²) in [6.07, 6.45) is 5.43. The van der Waals surface area contributed by atoms with Gasteiger partial charge in [-0.1, -0.05) is 35.5 Å². The Kier molecular flexibility index (Phi) is 7.37. The number of oxime groups is 1. The highest BCUT2D eigenvalue weighted by Crippen LogP contribution is 2.27. The zero-order chi connectivity index (χ0) is 22.3. The van der Waals surface area contributed by atoms with Gasteiger partial charge >= 0.3 is 0 Å². The summed E-state index contributed by atoms with van der Waals surface area (Å²) in [5.41, 5.74) is 9.06. The molecule has 0 unspecified atom stereocenters. The van der Waals surface area contributed by atoms with Crippen LogP contribution in [0.1, 0.15) is 36.8 Å². The maximum absolute atomic E-state index is 13.2. The van der Waals surface area contributed by atoms with Gasteiger partial charge in [0.25, 0.3) is 0 Å². The molecule has 7 heteroatoms. The normalized spacial score (nSPS) is 19.2. The van der Waals surface area contributed by atoms with Crippen LogP contribution in [0.3, 0.4) is 0 Å². The Hall–Kier alpha value is -2.93. The molecule has 2 aliphatic rings. The summed E-state index contributed by atoms with van der Waals surface area (Å²) in [6, 6.07) is 14.1. The summed E-state index contributed by atoms with van der Waals surface area (Å²) < 4.78 is 0. The highest BCUT2D eigenvalue weighted by molar-refractivity contribution is 6.02. The molecule has 4 rings (SSSR count). The minimum absolute atomic E-state index is 0.131. The van der Waals surface area contributed by atoms with Crippen molar-refractivity contribution in [2.24, 2.45) is 17.0 Å². The van der Waals surface area contributed by atoms with Gasteiger partial charge in [-0.05, 0) is 62.0 Å². The molecule has 0 atom stereocenters. The molecule has 2 aromatic rings. The average Bonchev–Trinajstić information content (AvgIpc) is 2.83. The van der Waals surface area contributed by atoms with E-state index in [0.29, 0.717) is 17.6 Å². The van der Waals surface area contributed by atoms with Crippen LogP contribution in [0.25, 0.3) is 0 Å². The van der Waals surface area contributed by atoms with E-state index in [1.165, 1.54) is 5.56 Å². The van der Waals surface area contributed by atoms with Gasteiger partial charge in [0.05, 0.1) is 5.71 Å². The van der Waals surface area contributed by atoms with Crippen molar-refractivity contribution in [3.8, 4) is 0 Å². The number of piperidine rings is 2. The van der Waals surface area contributed by atoms with Crippen LogP contribution in [-0.2, 0) is 16.2 Å². The van der Waals surface area contributed by atoms with Crippen molar-refractivity contribution in [2.45, 2.75) is 32.2 Å². The van der Waals surface area contributed by atoms with Gasteiger partial charge in [-0.25, -0.2) is 4.98 Å². The Morgan fingerprint density at radius 2 is 1.75 bits per heavy atom. The molecule has 170 valence electrons. The van der Waals surface area contributed by atoms with Crippen molar-refractivity contribution in [1.82, 2.24) is 14.8 Å². The van der Waals surface area contributed by atoms with Crippen LogP contribution >= 0.6 is 0 Å². The number of nitrogens with two attached hydrogens (primary N) is 1. The van der Waals surface area contributed by atoms with Crippen molar-refractivity contribution >= 4 is 17.4 Å². The molecule has 0 aliphatic carbocycles. The summed E-state index contributed by atoms with van der Waals surface area (Å²) in [5, 5.41) is 4.32. The predicted octanol–water partition coefficient (Wildman–Crippen LogP) is 3.17. The number of aromatic nitrogens is 1. The summed E-state index contributed by atoms with van der Waals surface area (Å²) in [6.45, 7) is 4.31. The number of likely N-dealkylation sites (tertiary alicyclic amines) is 2. The van der Waals surface area contributed by atoms with Crippen molar-refractivity contribution in [1.29, 1.82) is 0 Å². The minimum atomic E-state index is 0.131. The van der Waals surface area contributed by atoms with Crippen LogP contribution in [0.15, 0.2) is 53.8 Å². The van der Waals surface area contributed by atoms with Crippen LogP contribution in [0.2, 0.25) is 0 Å². The molecule has 7 nitrogen and oxygen atoms in total. The lowest BCUT2D eigenvalue weighted by atomic mass is 9.87. The largest absolute Gasteiger partial charge is 0.399 e. The number of pyridine rings is 1. The third-order valence-corrected chi connectivity index (χ3v) is 6.64. The Balaban J connectivity index is 1.27. The molecule has 1 amide bonds. The number of amides is 1. The average molecular weight is 436 g/mol. The van der Waals surface area contributed by atoms with E-state index in [1.807, 2.05) is 30.3 Å². The van der Waals surface area contributed by atoms with E-state index in [2.05, 4.69) is 32.1 Å². The van der Waals surface area contributed by atoms with Gasteiger partial charge in [0.2, 0.25) is 5.91 Å². The van der Waals surface area contributed by atoms with E-state index in [-0.39, 0.29) is 5.92 Å². The van der Waals surface area contributed by atoms with Crippen LogP contribution in [0.5, 0.6) is 0 Å². The number of benzene rings is 1. The molecule has 2 aliphatic heterocycles. The number of carbonyl (C=O) groups is 1. The summed E-state index contributed by atoms with van der Waals surface area (Å²) >= 11 is 0. The summed E-state index contributed by atoms with van der Waals surface area (Å²) in [7, 11) is 1.59. The van der Waals surface area contributed by atoms with Crippen LogP contribution in [0.4, 0.5) is 5.82 Å². The lowest BCUT2D eigenvalue weighted by molar-refractivity contribution is -0.138. The molecule has 0 radical (unpaired) electrons. The Morgan fingerprint density at radius 1 is 1.06 bits per heavy atom. The topological polar surface area (TPSA) is 84.0 Å². The van der Waals surface area contributed by atoms with E-state index in [1.54, 1.807) is 13.3 Å². The maximum atomic E-state index is 13.2. The quantitative estimate of drug-likeness (QED) is 0.557. The first-order valence-electron chi connectivity index (χ1n) is 11.5. The zero-order valence-corrected chi connectivity index (χ0v) is 18.8. The van der Waals surface area contributed by atoms with Crippen molar-refractivity contribution < 1.29 is 9.63 Å². The lowest BCUT2D eigenvalue weighted by Crippen LogP contribution is -2.46. The molecular formula is C25H33N5O2. The van der Waals surface area contributed by atoms with Gasteiger partial charge in [0.1, 0.15) is 12.9 Å². The molecule has 1 aromatic heterocycles. The van der Waals surface area contributed by atoms with Gasteiger partial charge < -0.3 is 15.5 Å². The molecule has 0 spiro atoms. The number of nitrogens with zero attached hydrogens (tertiary/aromatic N) is 4. The smallest absolute Gasteiger partial charge is 0.225 e. The van der Waals surface area contributed by atoms with E-state index in [0.717, 1.165) is 69.7 Å². The molecule has 0 bridgehead atoms. The number of anilines is 1. The third kappa shape index (κ3) is 5.46. The van der Waals surface area contributed by atoms with Crippen molar-refractivity contribution in [3.05, 3.63) is 59.8 Å². The van der Waals surface area contributed by atoms with Gasteiger partial charge in [-0.3, -0.25) is 9.69 Å². The molecular weight excluding hydrogens is 402 g/mol. The molecule has 2 fully saturated rings. The molecule has 1 aromatic carbocycles. The lowest BCUT2D eigenvalue weighted by Gasteiger charge is -2.37. The minimum Gasteiger partial charge on any atom is -0.399 e. The van der Waals surface area contributed by atoms with E-state index in [4.69, 9.17) is 10.6 Å². The number of nitrogen functional groups attached to an aromatic ring is 1. The molecule has 2 saturated heterocycles. The maximum Gasteiger partial charge on any atom is 0.225 e. The highest BCUT2D eigenvalue weighted by Gasteiger charge is 2.32. The van der Waals surface area contributed by atoms with Gasteiger partial charge in [-0.15, -0.1) is 0 Å². The fourth-order valence-electron chi connectivity index (χ4n) is 4.89. The van der Waals surface area contributed by atoms with Crippen molar-refractivity contribution in [2.75, 3.05) is 39.0 Å². The SMILES string of the molecule is CO/N=C(\c1ccccc1)C1CCN(C(=O)C2CCN(Cc3ccnc(N)c3)CC2)CC1. The second-order valence-corrected chi connectivity index (χ2v) is 8.76. The van der Waals surface area contributed by atoms with E-state index < -0.39 is 0 Å². The monoisotopic (exact) mass is 435 g/mol. The fraction of sp³-hybridized carbons (Fsp3) is 0.480. The van der Waals surface area contributed by atoms with Gasteiger partial charge in [-0.2, -0.15) is 0 Å². The first-order chi connectivity index (χ1) is 15.6. The van der Waals surface area contributed by atoms with Gasteiger partial charge in [0, 0.05) is 37.7 Å². The Morgan fingerprint density at radius 3 is 2.41 bits per heavy atom. The van der Waals surface area contributed by atoms with E-state index >= 15 is 0 Å². The van der Waals surface area contributed by atoms with Crippen molar-refractivity contribution in [3.63, 3.8) is 0 Å². The summed E-state index contributed by atoms with van der Waals surface area (Å²) in [5.74, 6) is 1.32. The second-order valence-electron chi connectivity index (χ2n) is 8.76. The van der Waals surface area contributed by atoms with Crippen LogP contribution < -0.4 is 5.73 Å². The van der Waals surface area contributed by atoms with Crippen LogP contribution in [0, 0.1) is 11.8 Å². The predicted molar refractivity (Wildman–Crippen MR) is 126 cm³/mol. The van der Waals surface area contributed by atoms with Crippen LogP contribution in [-0.4, -0.2) is 59.7 Å². The van der Waals surface area contributed by atoms with Gasteiger partial charge in [0.15, 0.2) is 0 Å². The number of carbonyl (C=O) groups excluding carboxylic acids is 1. The first kappa shape index (κ1) is 22.3. The number of hydrogen-bond donors (Lipinski definition) is 1.